The molecule has 0 heterocycles. The molecule has 0 saturated heterocycles. The lowest BCUT2D eigenvalue weighted by Gasteiger charge is -2.18. The van der Waals surface area contributed by atoms with E-state index in [4.69, 9.17) is 12.2 Å². The minimum absolute atomic E-state index is 0.156. The summed E-state index contributed by atoms with van der Waals surface area (Å²) in [6.45, 7) is 6.24. The van der Waals surface area contributed by atoms with Crippen LogP contribution in [0.15, 0.2) is 46.9 Å². The molecule has 0 aliphatic rings. The first kappa shape index (κ1) is 16.0. The van der Waals surface area contributed by atoms with Crippen molar-refractivity contribution >= 4 is 38.9 Å². The Morgan fingerprint density at radius 1 is 1.10 bits per heavy atom. The Labute approximate surface area is 140 Å². The van der Waals surface area contributed by atoms with Crippen LogP contribution in [0, 0.1) is 13.8 Å². The largest absolute Gasteiger partial charge is 0.356 e. The topological polar surface area (TPSA) is 24.1 Å². The lowest BCUT2D eigenvalue weighted by Crippen LogP contribution is -2.31. The second-order valence-corrected chi connectivity index (χ2v) is 6.51. The summed E-state index contributed by atoms with van der Waals surface area (Å²) in [6.07, 6.45) is 0. The molecule has 0 saturated carbocycles. The number of aryl methyl sites for hydroxylation is 2. The summed E-state index contributed by atoms with van der Waals surface area (Å²) in [7, 11) is 0. The number of hydrogen-bond donors (Lipinski definition) is 2. The van der Waals surface area contributed by atoms with E-state index in [1.807, 2.05) is 12.1 Å². The van der Waals surface area contributed by atoms with E-state index in [2.05, 4.69) is 77.7 Å². The molecule has 2 N–H and O–H groups in total. The van der Waals surface area contributed by atoms with Crippen LogP contribution in [-0.4, -0.2) is 5.11 Å². The van der Waals surface area contributed by atoms with Crippen LogP contribution in [0.1, 0.15) is 29.7 Å². The van der Waals surface area contributed by atoms with Crippen LogP contribution < -0.4 is 10.6 Å². The Hall–Kier alpha value is -1.39. The summed E-state index contributed by atoms with van der Waals surface area (Å²) in [5.41, 5.74) is 4.65. The van der Waals surface area contributed by atoms with Gasteiger partial charge in [0.15, 0.2) is 5.11 Å². The fraction of sp³-hybridized carbons (Fsp3) is 0.235. The van der Waals surface area contributed by atoms with Crippen molar-refractivity contribution in [1.29, 1.82) is 0 Å². The van der Waals surface area contributed by atoms with Gasteiger partial charge in [-0.3, -0.25) is 0 Å². The summed E-state index contributed by atoms with van der Waals surface area (Å²) < 4.78 is 1.08. The number of halogens is 1. The maximum Gasteiger partial charge on any atom is 0.171 e. The molecule has 2 nitrogen and oxygen atoms in total. The van der Waals surface area contributed by atoms with Gasteiger partial charge >= 0.3 is 0 Å². The normalized spacial score (nSPS) is 11.8. The third-order valence-corrected chi connectivity index (χ3v) is 4.11. The first-order valence-electron chi connectivity index (χ1n) is 6.86. The molecule has 0 bridgehead atoms. The SMILES string of the molecule is Cc1ccc(C)c(NC(=S)N[C@H](C)c2ccc(Br)cc2)c1. The molecule has 21 heavy (non-hydrogen) atoms. The molecule has 2 aromatic rings. The highest BCUT2D eigenvalue weighted by molar-refractivity contribution is 9.10. The summed E-state index contributed by atoms with van der Waals surface area (Å²) in [5, 5.41) is 7.23. The quantitative estimate of drug-likeness (QED) is 0.741. The molecule has 0 radical (unpaired) electrons. The molecule has 2 aromatic carbocycles. The predicted molar refractivity (Wildman–Crippen MR) is 97.8 cm³/mol. The van der Waals surface area contributed by atoms with Crippen molar-refractivity contribution in [2.45, 2.75) is 26.8 Å². The highest BCUT2D eigenvalue weighted by atomic mass is 79.9. The van der Waals surface area contributed by atoms with Gasteiger partial charge in [0.05, 0.1) is 6.04 Å². The molecule has 0 aliphatic heterocycles. The minimum atomic E-state index is 0.156. The average molecular weight is 363 g/mol. The van der Waals surface area contributed by atoms with Gasteiger partial charge in [-0.15, -0.1) is 0 Å². The molecular weight excluding hydrogens is 344 g/mol. The molecule has 4 heteroatoms. The van der Waals surface area contributed by atoms with E-state index in [1.54, 1.807) is 0 Å². The van der Waals surface area contributed by atoms with Crippen LogP contribution in [0.4, 0.5) is 5.69 Å². The molecular formula is C17H19BrN2S. The number of anilines is 1. The predicted octanol–water partition coefficient (Wildman–Crippen LogP) is 5.11. The van der Waals surface area contributed by atoms with E-state index in [1.165, 1.54) is 16.7 Å². The summed E-state index contributed by atoms with van der Waals surface area (Å²) in [6, 6.07) is 14.7. The molecule has 2 rings (SSSR count). The van der Waals surface area contributed by atoms with Gasteiger partial charge in [0.2, 0.25) is 0 Å². The molecule has 0 unspecified atom stereocenters. The van der Waals surface area contributed by atoms with Crippen LogP contribution in [0.2, 0.25) is 0 Å². The highest BCUT2D eigenvalue weighted by Gasteiger charge is 2.08. The van der Waals surface area contributed by atoms with Crippen LogP contribution in [-0.2, 0) is 0 Å². The van der Waals surface area contributed by atoms with Crippen molar-refractivity contribution in [3.05, 3.63) is 63.6 Å². The lowest BCUT2D eigenvalue weighted by molar-refractivity contribution is 0.722. The smallest absolute Gasteiger partial charge is 0.171 e. The number of benzene rings is 2. The van der Waals surface area contributed by atoms with E-state index in [9.17, 15) is 0 Å². The third-order valence-electron chi connectivity index (χ3n) is 3.36. The Morgan fingerprint density at radius 2 is 1.76 bits per heavy atom. The maximum absolute atomic E-state index is 5.41. The molecule has 0 fully saturated rings. The first-order chi connectivity index (χ1) is 9.95. The van der Waals surface area contributed by atoms with Gasteiger partial charge < -0.3 is 10.6 Å². The van der Waals surface area contributed by atoms with E-state index in [0.29, 0.717) is 5.11 Å². The average Bonchev–Trinajstić information content (AvgIpc) is 2.43. The zero-order chi connectivity index (χ0) is 15.4. The Morgan fingerprint density at radius 3 is 2.43 bits per heavy atom. The molecule has 0 spiro atoms. The monoisotopic (exact) mass is 362 g/mol. The van der Waals surface area contributed by atoms with Crippen LogP contribution in [0.3, 0.4) is 0 Å². The molecule has 0 aromatic heterocycles. The number of nitrogens with one attached hydrogen (secondary N) is 2. The fourth-order valence-electron chi connectivity index (χ4n) is 2.06. The van der Waals surface area contributed by atoms with E-state index in [0.717, 1.165) is 10.2 Å². The van der Waals surface area contributed by atoms with Gasteiger partial charge in [0.25, 0.3) is 0 Å². The second-order valence-electron chi connectivity index (χ2n) is 5.19. The molecule has 110 valence electrons. The Balaban J connectivity index is 2.01. The van der Waals surface area contributed by atoms with E-state index in [-0.39, 0.29) is 6.04 Å². The molecule has 1 atom stereocenters. The van der Waals surface area contributed by atoms with Crippen molar-refractivity contribution in [3.8, 4) is 0 Å². The number of rotatable bonds is 3. The van der Waals surface area contributed by atoms with Crippen molar-refractivity contribution in [2.24, 2.45) is 0 Å². The Bertz CT molecular complexity index is 638. The zero-order valence-electron chi connectivity index (χ0n) is 12.4. The van der Waals surface area contributed by atoms with Crippen molar-refractivity contribution in [1.82, 2.24) is 5.32 Å². The Kier molecular flexibility index (Phi) is 5.37. The standard InChI is InChI=1S/C17H19BrN2S/c1-11-4-5-12(2)16(10-11)20-17(21)19-13(3)14-6-8-15(18)9-7-14/h4-10,13H,1-3H3,(H2,19,20,21)/t13-/m1/s1. The van der Waals surface area contributed by atoms with Crippen LogP contribution >= 0.6 is 28.1 Å². The second kappa shape index (κ2) is 7.05. The van der Waals surface area contributed by atoms with E-state index < -0.39 is 0 Å². The summed E-state index contributed by atoms with van der Waals surface area (Å²) in [5.74, 6) is 0. The maximum atomic E-state index is 5.41. The van der Waals surface area contributed by atoms with Crippen LogP contribution in [0.5, 0.6) is 0 Å². The van der Waals surface area contributed by atoms with Gasteiger partial charge in [0.1, 0.15) is 0 Å². The van der Waals surface area contributed by atoms with Gasteiger partial charge in [0, 0.05) is 10.2 Å². The first-order valence-corrected chi connectivity index (χ1v) is 8.06. The van der Waals surface area contributed by atoms with Crippen molar-refractivity contribution in [2.75, 3.05) is 5.32 Å². The van der Waals surface area contributed by atoms with E-state index >= 15 is 0 Å². The fourth-order valence-corrected chi connectivity index (χ4v) is 2.61. The summed E-state index contributed by atoms with van der Waals surface area (Å²) in [4.78, 5) is 0. The van der Waals surface area contributed by atoms with Gasteiger partial charge in [-0.1, -0.05) is 40.2 Å². The third kappa shape index (κ3) is 4.55. The molecule has 0 amide bonds. The van der Waals surface area contributed by atoms with Crippen molar-refractivity contribution in [3.63, 3.8) is 0 Å². The van der Waals surface area contributed by atoms with Gasteiger partial charge in [-0.05, 0) is 67.9 Å². The zero-order valence-corrected chi connectivity index (χ0v) is 14.8. The van der Waals surface area contributed by atoms with Gasteiger partial charge in [-0.25, -0.2) is 0 Å². The minimum Gasteiger partial charge on any atom is -0.356 e. The summed E-state index contributed by atoms with van der Waals surface area (Å²) >= 11 is 8.86. The lowest BCUT2D eigenvalue weighted by atomic mass is 10.1. The highest BCUT2D eigenvalue weighted by Crippen LogP contribution is 2.18. The number of thiocarbonyl (C=S) groups is 1. The number of hydrogen-bond acceptors (Lipinski definition) is 1. The van der Waals surface area contributed by atoms with Crippen LogP contribution in [0.25, 0.3) is 0 Å². The molecule has 0 aliphatic carbocycles. The van der Waals surface area contributed by atoms with Gasteiger partial charge in [-0.2, -0.15) is 0 Å². The van der Waals surface area contributed by atoms with Crippen molar-refractivity contribution < 1.29 is 0 Å².